The summed E-state index contributed by atoms with van der Waals surface area (Å²) in [5.41, 5.74) is 9.04. The minimum atomic E-state index is -0.865. The van der Waals surface area contributed by atoms with Gasteiger partial charge in [0.1, 0.15) is 0 Å². The molecule has 3 N–H and O–H groups in total. The first-order valence-electron chi connectivity index (χ1n) is 6.64. The zero-order valence-electron chi connectivity index (χ0n) is 11.4. The molecule has 2 aromatic rings. The monoisotopic (exact) mass is 260 g/mol. The average Bonchev–Trinajstić information content (AvgIpc) is 2.72. The van der Waals surface area contributed by atoms with Crippen LogP contribution in [0, 0.1) is 6.92 Å². The van der Waals surface area contributed by atoms with Crippen LogP contribution in [-0.2, 0) is 13.0 Å². The lowest BCUT2D eigenvalue weighted by Crippen LogP contribution is -2.05. The van der Waals surface area contributed by atoms with Gasteiger partial charge in [0, 0.05) is 23.6 Å². The summed E-state index contributed by atoms with van der Waals surface area (Å²) in [6.45, 7) is 5.46. The molecule has 0 saturated carbocycles. The van der Waals surface area contributed by atoms with Gasteiger partial charge < -0.3 is 15.4 Å². The van der Waals surface area contributed by atoms with Crippen molar-refractivity contribution in [1.29, 1.82) is 0 Å². The van der Waals surface area contributed by atoms with E-state index in [1.54, 1.807) is 6.07 Å². The second kappa shape index (κ2) is 5.45. The van der Waals surface area contributed by atoms with E-state index in [1.165, 1.54) is 5.56 Å². The van der Waals surface area contributed by atoms with Crippen molar-refractivity contribution in [3.63, 3.8) is 0 Å². The Bertz CT molecular complexity index is 614. The van der Waals surface area contributed by atoms with Crippen LogP contribution in [-0.4, -0.2) is 22.2 Å². The fraction of sp³-hybridized carbons (Fsp3) is 0.400. The molecule has 0 aliphatic carbocycles. The van der Waals surface area contributed by atoms with Crippen LogP contribution in [0.3, 0.4) is 0 Å². The molecule has 0 amide bonds. The summed E-state index contributed by atoms with van der Waals surface area (Å²) in [7, 11) is 0. The zero-order chi connectivity index (χ0) is 14.0. The number of nitrogens with two attached hydrogens (primary N) is 1. The molecule has 1 heterocycles. The van der Waals surface area contributed by atoms with Crippen LogP contribution in [0.5, 0.6) is 0 Å². The predicted octanol–water partition coefficient (Wildman–Crippen LogP) is 2.56. The molecule has 4 heteroatoms. The van der Waals surface area contributed by atoms with E-state index in [0.717, 1.165) is 35.9 Å². The first-order valence-corrected chi connectivity index (χ1v) is 6.64. The van der Waals surface area contributed by atoms with E-state index in [0.29, 0.717) is 12.1 Å². The molecular formula is C15H20N2O2. The lowest BCUT2D eigenvalue weighted by Gasteiger charge is -2.06. The predicted molar refractivity (Wildman–Crippen MR) is 76.7 cm³/mol. The third-order valence-corrected chi connectivity index (χ3v) is 3.52. The van der Waals surface area contributed by atoms with Crippen LogP contribution in [0.1, 0.15) is 34.8 Å². The molecule has 0 aliphatic heterocycles. The summed E-state index contributed by atoms with van der Waals surface area (Å²) in [4.78, 5) is 11.2. The molecule has 19 heavy (non-hydrogen) atoms. The standard InChI is InChI=1S/C15H20N2O2/c1-3-11-9-17(6-4-5-16)14-7-10(2)12(15(18)19)8-13(11)14/h7-9H,3-6,16H2,1-2H3,(H,18,19). The topological polar surface area (TPSA) is 68.2 Å². The third kappa shape index (κ3) is 2.49. The maximum Gasteiger partial charge on any atom is 0.335 e. The van der Waals surface area contributed by atoms with Crippen molar-refractivity contribution >= 4 is 16.9 Å². The van der Waals surface area contributed by atoms with Gasteiger partial charge in [-0.1, -0.05) is 6.92 Å². The van der Waals surface area contributed by atoms with Crippen molar-refractivity contribution in [3.8, 4) is 0 Å². The van der Waals surface area contributed by atoms with Crippen LogP contribution in [0.2, 0.25) is 0 Å². The lowest BCUT2D eigenvalue weighted by molar-refractivity contribution is 0.0696. The smallest absolute Gasteiger partial charge is 0.335 e. The quantitative estimate of drug-likeness (QED) is 0.868. The molecule has 0 aliphatic rings. The molecule has 102 valence electrons. The molecule has 0 saturated heterocycles. The van der Waals surface area contributed by atoms with Gasteiger partial charge in [0.2, 0.25) is 0 Å². The van der Waals surface area contributed by atoms with Gasteiger partial charge in [-0.2, -0.15) is 0 Å². The Hall–Kier alpha value is -1.81. The van der Waals surface area contributed by atoms with Crippen molar-refractivity contribution in [3.05, 3.63) is 35.0 Å². The summed E-state index contributed by atoms with van der Waals surface area (Å²) in [5, 5.41) is 10.3. The average molecular weight is 260 g/mol. The number of carboxylic acids is 1. The molecular weight excluding hydrogens is 240 g/mol. The number of carbonyl (C=O) groups is 1. The molecule has 2 rings (SSSR count). The zero-order valence-corrected chi connectivity index (χ0v) is 11.4. The molecule has 0 fully saturated rings. The number of aryl methyl sites for hydroxylation is 3. The lowest BCUT2D eigenvalue weighted by atomic mass is 10.0. The summed E-state index contributed by atoms with van der Waals surface area (Å²) < 4.78 is 2.18. The SMILES string of the molecule is CCc1cn(CCCN)c2cc(C)c(C(=O)O)cc12. The van der Waals surface area contributed by atoms with Crippen molar-refractivity contribution < 1.29 is 9.90 Å². The number of aromatic nitrogens is 1. The van der Waals surface area contributed by atoms with E-state index in [-0.39, 0.29) is 0 Å². The third-order valence-electron chi connectivity index (χ3n) is 3.52. The number of benzene rings is 1. The number of aromatic carboxylic acids is 1. The van der Waals surface area contributed by atoms with E-state index < -0.39 is 5.97 Å². The van der Waals surface area contributed by atoms with Gasteiger partial charge in [-0.25, -0.2) is 4.79 Å². The Kier molecular flexibility index (Phi) is 3.90. The maximum absolute atomic E-state index is 11.2. The van der Waals surface area contributed by atoms with Crippen molar-refractivity contribution in [2.75, 3.05) is 6.54 Å². The van der Waals surface area contributed by atoms with Crippen LogP contribution in [0.25, 0.3) is 10.9 Å². The van der Waals surface area contributed by atoms with Gasteiger partial charge in [0.15, 0.2) is 0 Å². The Labute approximate surface area is 112 Å². The van der Waals surface area contributed by atoms with Crippen LogP contribution in [0.4, 0.5) is 0 Å². The summed E-state index contributed by atoms with van der Waals surface area (Å²) in [6.07, 6.45) is 3.94. The minimum absolute atomic E-state index is 0.388. The van der Waals surface area contributed by atoms with E-state index >= 15 is 0 Å². The highest BCUT2D eigenvalue weighted by molar-refractivity contribution is 5.96. The van der Waals surface area contributed by atoms with Gasteiger partial charge in [0.25, 0.3) is 0 Å². The molecule has 1 aromatic heterocycles. The van der Waals surface area contributed by atoms with Crippen molar-refractivity contribution in [1.82, 2.24) is 4.57 Å². The number of nitrogens with zero attached hydrogens (tertiary/aromatic N) is 1. The number of fused-ring (bicyclic) bond motifs is 1. The molecule has 0 radical (unpaired) electrons. The van der Waals surface area contributed by atoms with Crippen molar-refractivity contribution in [2.24, 2.45) is 5.73 Å². The van der Waals surface area contributed by atoms with E-state index in [9.17, 15) is 9.90 Å². The maximum atomic E-state index is 11.2. The van der Waals surface area contributed by atoms with E-state index in [1.807, 2.05) is 13.0 Å². The highest BCUT2D eigenvalue weighted by atomic mass is 16.4. The number of carboxylic acid groups (broad SMARTS) is 1. The molecule has 0 bridgehead atoms. The number of hydrogen-bond donors (Lipinski definition) is 2. The van der Waals surface area contributed by atoms with Gasteiger partial charge in [-0.05, 0) is 49.6 Å². The first-order chi connectivity index (χ1) is 9.08. The van der Waals surface area contributed by atoms with Crippen molar-refractivity contribution in [2.45, 2.75) is 33.2 Å². The van der Waals surface area contributed by atoms with E-state index in [4.69, 9.17) is 5.73 Å². The summed E-state index contributed by atoms with van der Waals surface area (Å²) in [6, 6.07) is 3.76. The normalized spacial score (nSPS) is 11.1. The molecule has 0 spiro atoms. The summed E-state index contributed by atoms with van der Waals surface area (Å²) in [5.74, 6) is -0.865. The fourth-order valence-electron chi connectivity index (χ4n) is 2.47. The Balaban J connectivity index is 2.62. The van der Waals surface area contributed by atoms with Crippen LogP contribution >= 0.6 is 0 Å². The summed E-state index contributed by atoms with van der Waals surface area (Å²) >= 11 is 0. The highest BCUT2D eigenvalue weighted by Crippen LogP contribution is 2.26. The first kappa shape index (κ1) is 13.6. The van der Waals surface area contributed by atoms with E-state index in [2.05, 4.69) is 17.7 Å². The second-order valence-corrected chi connectivity index (χ2v) is 4.83. The Morgan fingerprint density at radius 2 is 2.16 bits per heavy atom. The molecule has 0 unspecified atom stereocenters. The Morgan fingerprint density at radius 3 is 2.74 bits per heavy atom. The molecule has 1 aromatic carbocycles. The second-order valence-electron chi connectivity index (χ2n) is 4.83. The van der Waals surface area contributed by atoms with Crippen LogP contribution in [0.15, 0.2) is 18.3 Å². The van der Waals surface area contributed by atoms with Crippen LogP contribution < -0.4 is 5.73 Å². The van der Waals surface area contributed by atoms with Gasteiger partial charge in [-0.3, -0.25) is 0 Å². The number of hydrogen-bond acceptors (Lipinski definition) is 2. The molecule has 0 atom stereocenters. The minimum Gasteiger partial charge on any atom is -0.478 e. The number of rotatable bonds is 5. The highest BCUT2D eigenvalue weighted by Gasteiger charge is 2.13. The largest absolute Gasteiger partial charge is 0.478 e. The Morgan fingerprint density at radius 1 is 1.42 bits per heavy atom. The van der Waals surface area contributed by atoms with Gasteiger partial charge in [0.05, 0.1) is 5.56 Å². The fourth-order valence-corrected chi connectivity index (χ4v) is 2.47. The van der Waals surface area contributed by atoms with Gasteiger partial charge in [-0.15, -0.1) is 0 Å². The van der Waals surface area contributed by atoms with Gasteiger partial charge >= 0.3 is 5.97 Å². The molecule has 4 nitrogen and oxygen atoms in total.